The van der Waals surface area contributed by atoms with Crippen LogP contribution in [0.2, 0.25) is 5.02 Å². The maximum absolute atomic E-state index is 11.9. The lowest BCUT2D eigenvalue weighted by atomic mass is 10.2. The van der Waals surface area contributed by atoms with E-state index in [4.69, 9.17) is 16.3 Å². The van der Waals surface area contributed by atoms with Crippen molar-refractivity contribution in [3.63, 3.8) is 0 Å². The van der Waals surface area contributed by atoms with E-state index in [-0.39, 0.29) is 6.61 Å². The second-order valence-electron chi connectivity index (χ2n) is 4.94. The van der Waals surface area contributed by atoms with Crippen LogP contribution in [0.25, 0.3) is 11.0 Å². The number of anilines is 1. The molecule has 0 unspecified atom stereocenters. The van der Waals surface area contributed by atoms with Crippen molar-refractivity contribution in [3.05, 3.63) is 57.5 Å². The summed E-state index contributed by atoms with van der Waals surface area (Å²) in [5, 5.41) is 3.22. The van der Waals surface area contributed by atoms with Crippen LogP contribution in [0.4, 0.5) is 10.7 Å². The molecule has 0 bridgehead atoms. The molecule has 1 amide bonds. The Balaban J connectivity index is 1.73. The highest BCUT2D eigenvalue weighted by Gasteiger charge is 2.13. The number of amides is 1. The lowest BCUT2D eigenvalue weighted by Crippen LogP contribution is -2.16. The van der Waals surface area contributed by atoms with Crippen LogP contribution in [0.5, 0.6) is 0 Å². The number of carbonyl (C=O) groups excluding carboxylic acids is 1. The van der Waals surface area contributed by atoms with Crippen molar-refractivity contribution in [2.24, 2.45) is 7.05 Å². The first-order valence-electron chi connectivity index (χ1n) is 6.84. The average molecular weight is 395 g/mol. The smallest absolute Gasteiger partial charge is 0.414 e. The van der Waals surface area contributed by atoms with Crippen LogP contribution >= 0.6 is 27.5 Å². The van der Waals surface area contributed by atoms with Gasteiger partial charge in [-0.05, 0) is 33.6 Å². The van der Waals surface area contributed by atoms with Crippen molar-refractivity contribution in [1.29, 1.82) is 0 Å². The Morgan fingerprint density at radius 1 is 1.35 bits per heavy atom. The highest BCUT2D eigenvalue weighted by Crippen LogP contribution is 2.29. The van der Waals surface area contributed by atoms with Gasteiger partial charge in [0, 0.05) is 11.5 Å². The van der Waals surface area contributed by atoms with Gasteiger partial charge in [0.1, 0.15) is 6.61 Å². The van der Waals surface area contributed by atoms with Gasteiger partial charge in [0.2, 0.25) is 5.95 Å². The predicted octanol–water partition coefficient (Wildman–Crippen LogP) is 4.74. The molecule has 118 valence electrons. The highest BCUT2D eigenvalue weighted by atomic mass is 79.9. The van der Waals surface area contributed by atoms with Crippen molar-refractivity contribution < 1.29 is 9.53 Å². The van der Waals surface area contributed by atoms with Gasteiger partial charge in [-0.25, -0.2) is 9.78 Å². The van der Waals surface area contributed by atoms with Gasteiger partial charge in [-0.1, -0.05) is 41.9 Å². The molecule has 0 saturated heterocycles. The number of halogens is 2. The maximum Gasteiger partial charge on any atom is 0.414 e. The molecule has 0 aliphatic heterocycles. The van der Waals surface area contributed by atoms with Gasteiger partial charge >= 0.3 is 6.09 Å². The summed E-state index contributed by atoms with van der Waals surface area (Å²) < 4.78 is 7.69. The maximum atomic E-state index is 11.9. The summed E-state index contributed by atoms with van der Waals surface area (Å²) in [4.78, 5) is 16.3. The first-order chi connectivity index (χ1) is 11.0. The molecule has 1 aromatic heterocycles. The minimum Gasteiger partial charge on any atom is -0.444 e. The van der Waals surface area contributed by atoms with Gasteiger partial charge in [0.25, 0.3) is 0 Å². The van der Waals surface area contributed by atoms with Crippen molar-refractivity contribution >= 4 is 50.6 Å². The number of aryl methyl sites for hydroxylation is 1. The van der Waals surface area contributed by atoms with Crippen molar-refractivity contribution in [1.82, 2.24) is 9.55 Å². The third-order valence-corrected chi connectivity index (χ3v) is 4.55. The molecule has 5 nitrogen and oxygen atoms in total. The molecule has 0 spiro atoms. The van der Waals surface area contributed by atoms with Crippen LogP contribution in [-0.4, -0.2) is 15.6 Å². The van der Waals surface area contributed by atoms with Crippen molar-refractivity contribution in [2.75, 3.05) is 5.32 Å². The lowest BCUT2D eigenvalue weighted by molar-refractivity contribution is 0.155. The van der Waals surface area contributed by atoms with Crippen LogP contribution in [-0.2, 0) is 18.4 Å². The zero-order chi connectivity index (χ0) is 16.4. The molecule has 0 aliphatic carbocycles. The van der Waals surface area contributed by atoms with Gasteiger partial charge in [0.05, 0.1) is 16.1 Å². The summed E-state index contributed by atoms with van der Waals surface area (Å²) in [6.07, 6.45) is -0.558. The molecule has 1 heterocycles. The van der Waals surface area contributed by atoms with Crippen LogP contribution in [0.3, 0.4) is 0 Å². The van der Waals surface area contributed by atoms with E-state index in [1.165, 1.54) is 0 Å². The summed E-state index contributed by atoms with van der Waals surface area (Å²) in [5.41, 5.74) is 2.46. The molecule has 0 radical (unpaired) electrons. The molecule has 3 aromatic rings. The van der Waals surface area contributed by atoms with Gasteiger partial charge in [-0.3, -0.25) is 5.32 Å². The fourth-order valence-corrected chi connectivity index (χ4v) is 2.64. The molecule has 0 aliphatic rings. The van der Waals surface area contributed by atoms with Crippen molar-refractivity contribution in [3.8, 4) is 0 Å². The average Bonchev–Trinajstić information content (AvgIpc) is 2.83. The number of imidazole rings is 1. The summed E-state index contributed by atoms with van der Waals surface area (Å²) in [5.74, 6) is 0.396. The molecular weight excluding hydrogens is 382 g/mol. The van der Waals surface area contributed by atoms with E-state index in [0.717, 1.165) is 21.1 Å². The number of carbonyl (C=O) groups is 1. The first kappa shape index (κ1) is 15.8. The topological polar surface area (TPSA) is 56.2 Å². The normalized spacial score (nSPS) is 10.7. The van der Waals surface area contributed by atoms with E-state index in [9.17, 15) is 4.79 Å². The second-order valence-corrected chi connectivity index (χ2v) is 6.20. The third-order valence-electron chi connectivity index (χ3n) is 3.35. The summed E-state index contributed by atoms with van der Waals surface area (Å²) in [6, 6.07) is 13.1. The Bertz CT molecular complexity index is 865. The Labute approximate surface area is 146 Å². The number of rotatable bonds is 3. The molecule has 0 fully saturated rings. The minimum atomic E-state index is -0.558. The number of benzene rings is 2. The summed E-state index contributed by atoms with van der Waals surface area (Å²) in [7, 11) is 1.80. The molecule has 1 N–H and O–H groups in total. The van der Waals surface area contributed by atoms with E-state index < -0.39 is 6.09 Å². The Morgan fingerprint density at radius 2 is 2.09 bits per heavy atom. The monoisotopic (exact) mass is 393 g/mol. The van der Waals surface area contributed by atoms with E-state index in [1.807, 2.05) is 30.3 Å². The van der Waals surface area contributed by atoms with Crippen LogP contribution in [0.1, 0.15) is 5.56 Å². The SMILES string of the molecule is Cn1c(NC(=O)OCc2ccccc2)nc2cc(Br)c(Cl)cc21. The van der Waals surface area contributed by atoms with E-state index in [0.29, 0.717) is 11.0 Å². The van der Waals surface area contributed by atoms with Crippen LogP contribution in [0, 0.1) is 0 Å². The zero-order valence-corrected chi connectivity index (χ0v) is 14.6. The van der Waals surface area contributed by atoms with E-state index >= 15 is 0 Å². The first-order valence-corrected chi connectivity index (χ1v) is 8.01. The molecule has 7 heteroatoms. The number of aromatic nitrogens is 2. The Hall–Kier alpha value is -2.05. The van der Waals surface area contributed by atoms with Gasteiger partial charge in [-0.15, -0.1) is 0 Å². The summed E-state index contributed by atoms with van der Waals surface area (Å²) in [6.45, 7) is 0.202. The number of hydrogen-bond acceptors (Lipinski definition) is 3. The molecular formula is C16H13BrClN3O2. The Kier molecular flexibility index (Phi) is 4.54. The number of nitrogens with one attached hydrogen (secondary N) is 1. The molecule has 23 heavy (non-hydrogen) atoms. The van der Waals surface area contributed by atoms with Gasteiger partial charge < -0.3 is 9.30 Å². The minimum absolute atomic E-state index is 0.202. The Morgan fingerprint density at radius 3 is 2.83 bits per heavy atom. The second kappa shape index (κ2) is 6.60. The largest absolute Gasteiger partial charge is 0.444 e. The van der Waals surface area contributed by atoms with Crippen molar-refractivity contribution in [2.45, 2.75) is 6.61 Å². The highest BCUT2D eigenvalue weighted by molar-refractivity contribution is 9.10. The number of nitrogens with zero attached hydrogens (tertiary/aromatic N) is 2. The standard InChI is InChI=1S/C16H13BrClN3O2/c1-21-14-8-12(18)11(17)7-13(14)19-15(21)20-16(22)23-9-10-5-3-2-4-6-10/h2-8H,9H2,1H3,(H,19,20,22). The summed E-state index contributed by atoms with van der Waals surface area (Å²) >= 11 is 9.45. The fourth-order valence-electron chi connectivity index (χ4n) is 2.15. The molecule has 0 saturated carbocycles. The van der Waals surface area contributed by atoms with E-state index in [1.54, 1.807) is 23.7 Å². The van der Waals surface area contributed by atoms with E-state index in [2.05, 4.69) is 26.2 Å². The molecule has 2 aromatic carbocycles. The predicted molar refractivity (Wildman–Crippen MR) is 93.7 cm³/mol. The van der Waals surface area contributed by atoms with Gasteiger partial charge in [-0.2, -0.15) is 0 Å². The zero-order valence-electron chi connectivity index (χ0n) is 12.2. The van der Waals surface area contributed by atoms with Crippen LogP contribution < -0.4 is 5.32 Å². The number of hydrogen-bond donors (Lipinski definition) is 1. The fraction of sp³-hybridized carbons (Fsp3) is 0.125. The number of ether oxygens (including phenoxy) is 1. The van der Waals surface area contributed by atoms with Crippen LogP contribution in [0.15, 0.2) is 46.9 Å². The quantitative estimate of drug-likeness (QED) is 0.698. The molecule has 3 rings (SSSR count). The number of fused-ring (bicyclic) bond motifs is 1. The van der Waals surface area contributed by atoms with Gasteiger partial charge in [0.15, 0.2) is 0 Å². The third kappa shape index (κ3) is 3.48. The lowest BCUT2D eigenvalue weighted by Gasteiger charge is -2.07. The molecule has 0 atom stereocenters.